The number of nitrogens with zero attached hydrogens (tertiary/aromatic N) is 3. The molecule has 0 aliphatic carbocycles. The van der Waals surface area contributed by atoms with Crippen molar-refractivity contribution in [1.29, 1.82) is 0 Å². The molecule has 0 saturated carbocycles. The summed E-state index contributed by atoms with van der Waals surface area (Å²) in [6.45, 7) is 5.32. The summed E-state index contributed by atoms with van der Waals surface area (Å²) in [6.07, 6.45) is 3.29. The van der Waals surface area contributed by atoms with E-state index in [1.807, 2.05) is 19.1 Å². The predicted octanol–water partition coefficient (Wildman–Crippen LogP) is 3.55. The first kappa shape index (κ1) is 20.8. The maximum absolute atomic E-state index is 13.3. The average Bonchev–Trinajstić information content (AvgIpc) is 3.41. The Morgan fingerprint density at radius 3 is 2.91 bits per heavy atom. The molecule has 8 nitrogen and oxygen atoms in total. The molecule has 0 bridgehead atoms. The Balaban J connectivity index is 1.41. The Hall–Kier alpha value is -3.04. The quantitative estimate of drug-likeness (QED) is 0.577. The van der Waals surface area contributed by atoms with E-state index in [1.54, 1.807) is 16.2 Å². The fourth-order valence-corrected chi connectivity index (χ4v) is 5.40. The Kier molecular flexibility index (Phi) is 5.30. The lowest BCUT2D eigenvalue weighted by molar-refractivity contribution is -0.146. The number of nitrogens with one attached hydrogen (secondary N) is 1. The van der Waals surface area contributed by atoms with Gasteiger partial charge in [-0.05, 0) is 43.4 Å². The summed E-state index contributed by atoms with van der Waals surface area (Å²) >= 11 is 1.65. The molecule has 166 valence electrons. The molecule has 2 aliphatic rings. The van der Waals surface area contributed by atoms with Gasteiger partial charge in [-0.3, -0.25) is 9.59 Å². The summed E-state index contributed by atoms with van der Waals surface area (Å²) in [5.74, 6) is -0.501. The van der Waals surface area contributed by atoms with Crippen LogP contribution in [0.4, 0.5) is 11.5 Å². The molecule has 2 unspecified atom stereocenters. The summed E-state index contributed by atoms with van der Waals surface area (Å²) in [5.41, 5.74) is 9.88. The normalized spacial score (nSPS) is 20.4. The first-order valence-corrected chi connectivity index (χ1v) is 11.6. The van der Waals surface area contributed by atoms with Crippen LogP contribution in [0.2, 0.25) is 0 Å². The lowest BCUT2D eigenvalue weighted by Gasteiger charge is -2.38. The van der Waals surface area contributed by atoms with Crippen molar-refractivity contribution in [2.75, 3.05) is 17.6 Å². The monoisotopic (exact) mass is 451 g/mol. The van der Waals surface area contributed by atoms with E-state index in [-0.39, 0.29) is 6.04 Å². The van der Waals surface area contributed by atoms with Gasteiger partial charge in [0.05, 0.1) is 46.4 Å². The second kappa shape index (κ2) is 8.14. The number of aromatic nitrogens is 2. The second-order valence-electron chi connectivity index (χ2n) is 8.58. The molecule has 2 atom stereocenters. The van der Waals surface area contributed by atoms with Crippen molar-refractivity contribution in [1.82, 2.24) is 14.9 Å². The van der Waals surface area contributed by atoms with Crippen molar-refractivity contribution in [2.24, 2.45) is 5.92 Å². The van der Waals surface area contributed by atoms with Crippen molar-refractivity contribution in [3.05, 3.63) is 46.1 Å². The first-order valence-electron chi connectivity index (χ1n) is 10.7. The lowest BCUT2D eigenvalue weighted by atomic mass is 9.89. The van der Waals surface area contributed by atoms with E-state index >= 15 is 0 Å². The minimum absolute atomic E-state index is 0.158. The zero-order chi connectivity index (χ0) is 22.4. The van der Waals surface area contributed by atoms with E-state index in [9.17, 15) is 9.59 Å². The third kappa shape index (κ3) is 3.71. The number of nitrogens with two attached hydrogens (primary N) is 1. The predicted molar refractivity (Wildman–Crippen MR) is 123 cm³/mol. The molecule has 4 heterocycles. The van der Waals surface area contributed by atoms with Gasteiger partial charge in [0.2, 0.25) is 0 Å². The third-order valence-electron chi connectivity index (χ3n) is 6.25. The zero-order valence-electron chi connectivity index (χ0n) is 18.1. The number of hydrogen-bond acceptors (Lipinski definition) is 7. The number of aryl methyl sites for hydroxylation is 1. The molecule has 2 aliphatic heterocycles. The molecule has 0 radical (unpaired) electrons. The molecule has 3 N–H and O–H groups in total. The fourth-order valence-electron chi connectivity index (χ4n) is 4.59. The Bertz CT molecular complexity index is 1220. The van der Waals surface area contributed by atoms with Gasteiger partial charge in [0, 0.05) is 17.7 Å². The number of ether oxygens (including phenoxy) is 1. The highest BCUT2D eigenvalue weighted by Gasteiger charge is 2.35. The molecule has 5 rings (SSSR count). The number of thiazole rings is 1. The molecule has 3 aromatic rings. The molecule has 2 aromatic heterocycles. The molecule has 9 heteroatoms. The molecular formula is C23H25N5O3S. The van der Waals surface area contributed by atoms with E-state index in [1.165, 1.54) is 6.20 Å². The number of nitrogen functional groups attached to an aromatic ring is 1. The van der Waals surface area contributed by atoms with Crippen LogP contribution in [0.1, 0.15) is 47.5 Å². The van der Waals surface area contributed by atoms with Crippen LogP contribution in [0.25, 0.3) is 10.2 Å². The number of amides is 2. The topological polar surface area (TPSA) is 110 Å². The van der Waals surface area contributed by atoms with Crippen LogP contribution < -0.4 is 11.1 Å². The van der Waals surface area contributed by atoms with Crippen LogP contribution >= 0.6 is 11.3 Å². The highest BCUT2D eigenvalue weighted by atomic mass is 32.1. The Morgan fingerprint density at radius 1 is 1.25 bits per heavy atom. The summed E-state index contributed by atoms with van der Waals surface area (Å²) in [6, 6.07) is 5.99. The second-order valence-corrected chi connectivity index (χ2v) is 9.81. The van der Waals surface area contributed by atoms with Crippen LogP contribution in [-0.2, 0) is 27.5 Å². The lowest BCUT2D eigenvalue weighted by Crippen LogP contribution is -2.46. The number of benzene rings is 1. The van der Waals surface area contributed by atoms with Gasteiger partial charge in [0.25, 0.3) is 0 Å². The number of hydrogen-bond donors (Lipinski definition) is 2. The first-order chi connectivity index (χ1) is 15.4. The largest absolute Gasteiger partial charge is 0.383 e. The summed E-state index contributed by atoms with van der Waals surface area (Å²) < 4.78 is 6.57. The Labute approximate surface area is 189 Å². The molecule has 1 saturated heterocycles. The summed E-state index contributed by atoms with van der Waals surface area (Å²) in [7, 11) is 0. The van der Waals surface area contributed by atoms with Crippen molar-refractivity contribution in [3.8, 4) is 0 Å². The maximum Gasteiger partial charge on any atom is 0.313 e. The molecular weight excluding hydrogens is 426 g/mol. The van der Waals surface area contributed by atoms with Gasteiger partial charge in [-0.2, -0.15) is 0 Å². The van der Waals surface area contributed by atoms with Gasteiger partial charge in [-0.1, -0.05) is 13.0 Å². The van der Waals surface area contributed by atoms with Crippen molar-refractivity contribution >= 4 is 44.9 Å². The number of carbonyl (C=O) groups excluding carboxylic acids is 2. The highest BCUT2D eigenvalue weighted by Crippen LogP contribution is 2.36. The van der Waals surface area contributed by atoms with Gasteiger partial charge in [-0.25, -0.2) is 9.97 Å². The van der Waals surface area contributed by atoms with Gasteiger partial charge in [0.1, 0.15) is 5.82 Å². The maximum atomic E-state index is 13.3. The third-order valence-corrected chi connectivity index (χ3v) is 7.20. The minimum Gasteiger partial charge on any atom is -0.383 e. The van der Waals surface area contributed by atoms with E-state index < -0.39 is 11.8 Å². The van der Waals surface area contributed by atoms with Crippen LogP contribution in [0.15, 0.2) is 24.4 Å². The SMILES string of the molecule is Cc1nc2cc(C3CCC(C)CN3C(=O)C(=O)Nc3cnc(N)c4c3COC4)ccc2s1. The average molecular weight is 452 g/mol. The van der Waals surface area contributed by atoms with E-state index in [0.717, 1.165) is 44.8 Å². The van der Waals surface area contributed by atoms with E-state index in [0.29, 0.717) is 37.2 Å². The Morgan fingerprint density at radius 2 is 2.06 bits per heavy atom. The number of pyridine rings is 1. The smallest absolute Gasteiger partial charge is 0.313 e. The number of fused-ring (bicyclic) bond motifs is 2. The standard InChI is InChI=1S/C23H25N5O3S/c1-12-3-5-19(14-4-6-20-17(7-14)26-13(2)32-20)28(9-12)23(30)22(29)27-18-8-25-21(24)16-11-31-10-15(16)18/h4,6-8,12,19H,3,5,9-11H2,1-2H3,(H2,24,25)(H,27,29). The van der Waals surface area contributed by atoms with Crippen LogP contribution in [0.3, 0.4) is 0 Å². The number of rotatable bonds is 2. The minimum atomic E-state index is -0.671. The van der Waals surface area contributed by atoms with Crippen LogP contribution in [0, 0.1) is 12.8 Å². The van der Waals surface area contributed by atoms with Crippen molar-refractivity contribution < 1.29 is 14.3 Å². The number of piperidine rings is 1. The van der Waals surface area contributed by atoms with Crippen molar-refractivity contribution in [3.63, 3.8) is 0 Å². The summed E-state index contributed by atoms with van der Waals surface area (Å²) in [5, 5.41) is 3.76. The fraction of sp³-hybridized carbons (Fsp3) is 0.391. The molecule has 0 spiro atoms. The van der Waals surface area contributed by atoms with Crippen LogP contribution in [0.5, 0.6) is 0 Å². The van der Waals surface area contributed by atoms with Crippen molar-refractivity contribution in [2.45, 2.75) is 45.9 Å². The van der Waals surface area contributed by atoms with Gasteiger partial charge < -0.3 is 20.7 Å². The number of anilines is 2. The molecule has 2 amide bonds. The van der Waals surface area contributed by atoms with Crippen LogP contribution in [-0.4, -0.2) is 33.2 Å². The van der Waals surface area contributed by atoms with Gasteiger partial charge >= 0.3 is 11.8 Å². The van der Waals surface area contributed by atoms with E-state index in [4.69, 9.17) is 10.5 Å². The van der Waals surface area contributed by atoms with Gasteiger partial charge in [-0.15, -0.1) is 11.3 Å². The molecule has 1 aromatic carbocycles. The zero-order valence-corrected chi connectivity index (χ0v) is 18.9. The number of likely N-dealkylation sites (tertiary alicyclic amines) is 1. The summed E-state index contributed by atoms with van der Waals surface area (Å²) in [4.78, 5) is 36.7. The molecule has 32 heavy (non-hydrogen) atoms. The van der Waals surface area contributed by atoms with E-state index in [2.05, 4.69) is 28.3 Å². The number of carbonyl (C=O) groups is 2. The van der Waals surface area contributed by atoms with Gasteiger partial charge in [0.15, 0.2) is 0 Å². The molecule has 1 fully saturated rings. The highest BCUT2D eigenvalue weighted by molar-refractivity contribution is 7.18.